The van der Waals surface area contributed by atoms with Crippen LogP contribution in [-0.4, -0.2) is 35.9 Å². The van der Waals surface area contributed by atoms with Crippen LogP contribution in [0.3, 0.4) is 0 Å². The summed E-state index contributed by atoms with van der Waals surface area (Å²) in [5.41, 5.74) is 0.352. The molecule has 2 rings (SSSR count). The van der Waals surface area contributed by atoms with Gasteiger partial charge in [-0.05, 0) is 38.0 Å². The maximum absolute atomic E-state index is 12.8. The van der Waals surface area contributed by atoms with Crippen molar-refractivity contribution in [3.05, 3.63) is 57.9 Å². The third-order valence-electron chi connectivity index (χ3n) is 4.35. The summed E-state index contributed by atoms with van der Waals surface area (Å²) >= 11 is 0. The first-order valence-corrected chi connectivity index (χ1v) is 8.63. The zero-order valence-corrected chi connectivity index (χ0v) is 16.3. The van der Waals surface area contributed by atoms with Gasteiger partial charge in [0.25, 0.3) is 0 Å². The lowest BCUT2D eigenvalue weighted by molar-refractivity contribution is -0.145. The van der Waals surface area contributed by atoms with Crippen LogP contribution in [0.15, 0.2) is 24.3 Å². The average Bonchev–Trinajstić information content (AvgIpc) is 2.94. The Morgan fingerprint density at radius 3 is 2.41 bits per heavy atom. The molecule has 1 atom stereocenters. The second-order valence-electron chi connectivity index (χ2n) is 6.49. The molecule has 0 bridgehead atoms. The molecule has 1 heterocycles. The van der Waals surface area contributed by atoms with Crippen molar-refractivity contribution in [1.82, 2.24) is 4.98 Å². The first-order chi connectivity index (χ1) is 13.5. The lowest BCUT2D eigenvalue weighted by Gasteiger charge is -2.13. The fourth-order valence-electron chi connectivity index (χ4n) is 2.92. The fourth-order valence-corrected chi connectivity index (χ4v) is 2.92. The minimum absolute atomic E-state index is 0.0993. The predicted octanol–water partition coefficient (Wildman–Crippen LogP) is 3.79. The number of aromatic nitrogens is 1. The number of carbonyl (C=O) groups is 3. The van der Waals surface area contributed by atoms with Crippen molar-refractivity contribution in [1.29, 1.82) is 0 Å². The van der Waals surface area contributed by atoms with E-state index in [1.165, 1.54) is 26.2 Å². The summed E-state index contributed by atoms with van der Waals surface area (Å²) in [6.07, 6.45) is -6.14. The molecule has 9 heteroatoms. The van der Waals surface area contributed by atoms with Gasteiger partial charge < -0.3 is 14.5 Å². The number of hydrogen-bond donors (Lipinski definition) is 1. The van der Waals surface area contributed by atoms with E-state index in [9.17, 15) is 27.6 Å². The number of aryl methyl sites for hydroxylation is 1. The summed E-state index contributed by atoms with van der Waals surface area (Å²) in [7, 11) is 1.22. The topological polar surface area (TPSA) is 85.5 Å². The molecule has 0 aliphatic rings. The van der Waals surface area contributed by atoms with Gasteiger partial charge in [-0.3, -0.25) is 9.59 Å². The van der Waals surface area contributed by atoms with Gasteiger partial charge in [-0.2, -0.15) is 13.2 Å². The third kappa shape index (κ3) is 5.04. The van der Waals surface area contributed by atoms with Crippen LogP contribution in [0, 0.1) is 13.8 Å². The highest BCUT2D eigenvalue weighted by atomic mass is 19.4. The number of rotatable bonds is 6. The Hall–Kier alpha value is -3.10. The fraction of sp³-hybridized carbons (Fsp3) is 0.350. The number of nitrogens with one attached hydrogen (secondary N) is 1. The Morgan fingerprint density at radius 1 is 1.17 bits per heavy atom. The maximum atomic E-state index is 12.8. The highest BCUT2D eigenvalue weighted by Crippen LogP contribution is 2.29. The molecule has 0 saturated heterocycles. The van der Waals surface area contributed by atoms with Gasteiger partial charge in [0.05, 0.1) is 30.4 Å². The summed E-state index contributed by atoms with van der Waals surface area (Å²) in [6.45, 7) is 4.50. The second-order valence-corrected chi connectivity index (χ2v) is 6.49. The summed E-state index contributed by atoms with van der Waals surface area (Å²) < 4.78 is 48.1. The molecule has 0 spiro atoms. The minimum Gasteiger partial charge on any atom is -0.465 e. The molecule has 0 saturated carbocycles. The number of ketones is 1. The van der Waals surface area contributed by atoms with Gasteiger partial charge in [0.1, 0.15) is 0 Å². The number of Topliss-reactive ketones (excluding diaryl/α,β-unsaturated/α-hetero) is 1. The van der Waals surface area contributed by atoms with E-state index in [-0.39, 0.29) is 16.8 Å². The van der Waals surface area contributed by atoms with Crippen LogP contribution in [0.25, 0.3) is 0 Å². The highest BCUT2D eigenvalue weighted by molar-refractivity contribution is 6.04. The zero-order chi connectivity index (χ0) is 21.9. The van der Waals surface area contributed by atoms with Crippen LogP contribution in [0.1, 0.15) is 50.2 Å². The number of alkyl halides is 3. The number of carbonyl (C=O) groups excluding carboxylic acids is 3. The molecular weight excluding hydrogens is 391 g/mol. The number of ether oxygens (including phenoxy) is 2. The van der Waals surface area contributed by atoms with Crippen LogP contribution < -0.4 is 0 Å². The van der Waals surface area contributed by atoms with Crippen LogP contribution in [0.2, 0.25) is 0 Å². The first kappa shape index (κ1) is 22.2. The van der Waals surface area contributed by atoms with Crippen molar-refractivity contribution in [2.45, 2.75) is 39.5 Å². The third-order valence-corrected chi connectivity index (χ3v) is 4.35. The summed E-state index contributed by atoms with van der Waals surface area (Å²) in [5.74, 6) is -2.03. The summed E-state index contributed by atoms with van der Waals surface area (Å²) in [4.78, 5) is 39.3. The van der Waals surface area contributed by atoms with Gasteiger partial charge >= 0.3 is 18.1 Å². The molecule has 0 aliphatic carbocycles. The number of hydrogen-bond acceptors (Lipinski definition) is 5. The van der Waals surface area contributed by atoms with E-state index in [4.69, 9.17) is 4.74 Å². The quantitative estimate of drug-likeness (QED) is 0.577. The molecule has 1 aromatic carbocycles. The van der Waals surface area contributed by atoms with Crippen LogP contribution in [-0.2, 0) is 26.9 Å². The maximum Gasteiger partial charge on any atom is 0.416 e. The van der Waals surface area contributed by atoms with Gasteiger partial charge in [0.15, 0.2) is 6.10 Å². The minimum atomic E-state index is -4.52. The Kier molecular flexibility index (Phi) is 6.51. The highest BCUT2D eigenvalue weighted by Gasteiger charge is 2.31. The smallest absolute Gasteiger partial charge is 0.416 e. The predicted molar refractivity (Wildman–Crippen MR) is 96.6 cm³/mol. The van der Waals surface area contributed by atoms with Gasteiger partial charge in [-0.1, -0.05) is 18.2 Å². The lowest BCUT2D eigenvalue weighted by atomic mass is 10.1. The lowest BCUT2D eigenvalue weighted by Crippen LogP contribution is -2.26. The van der Waals surface area contributed by atoms with E-state index in [2.05, 4.69) is 9.72 Å². The average molecular weight is 411 g/mol. The van der Waals surface area contributed by atoms with Gasteiger partial charge in [-0.15, -0.1) is 0 Å². The molecule has 6 nitrogen and oxygen atoms in total. The molecule has 1 aromatic heterocycles. The van der Waals surface area contributed by atoms with Crippen LogP contribution in [0.4, 0.5) is 13.2 Å². The molecular formula is C20H20F3NO5. The van der Waals surface area contributed by atoms with Crippen molar-refractivity contribution < 1.29 is 37.0 Å². The normalized spacial score (nSPS) is 12.4. The monoisotopic (exact) mass is 411 g/mol. The Labute approximate surface area is 165 Å². The number of H-pyrrole nitrogens is 1. The molecule has 0 amide bonds. The largest absolute Gasteiger partial charge is 0.465 e. The SMILES string of the molecule is COC(=O)c1c(C)[nH]c(C(=O)[C@@H](C)OC(=O)Cc2cccc(C(F)(F)F)c2)c1C. The number of methoxy groups -OCH3 is 1. The molecule has 0 unspecified atom stereocenters. The Morgan fingerprint density at radius 2 is 1.83 bits per heavy atom. The van der Waals surface area contributed by atoms with Gasteiger partial charge in [0.2, 0.25) is 5.78 Å². The summed E-state index contributed by atoms with van der Waals surface area (Å²) in [5, 5.41) is 0. The Bertz CT molecular complexity index is 946. The van der Waals surface area contributed by atoms with E-state index in [0.717, 1.165) is 12.1 Å². The van der Waals surface area contributed by atoms with E-state index in [1.54, 1.807) is 13.8 Å². The molecule has 29 heavy (non-hydrogen) atoms. The standard InChI is InChI=1S/C20H20F3NO5/c1-10-16(19(27)28-4)11(2)24-17(10)18(26)12(3)29-15(25)9-13-6-5-7-14(8-13)20(21,22)23/h5-8,12,24H,9H2,1-4H3/t12-/m1/s1. The van der Waals surface area contributed by atoms with Crippen LogP contribution in [0.5, 0.6) is 0 Å². The van der Waals surface area contributed by atoms with E-state index < -0.39 is 42.0 Å². The molecule has 2 aromatic rings. The van der Waals surface area contributed by atoms with Gasteiger partial charge in [-0.25, -0.2) is 4.79 Å². The van der Waals surface area contributed by atoms with Crippen molar-refractivity contribution in [2.75, 3.05) is 7.11 Å². The molecule has 156 valence electrons. The number of halogens is 3. The summed E-state index contributed by atoms with van der Waals surface area (Å²) in [6, 6.07) is 4.31. The van der Waals surface area contributed by atoms with E-state index in [0.29, 0.717) is 11.3 Å². The zero-order valence-electron chi connectivity index (χ0n) is 16.3. The molecule has 0 aliphatic heterocycles. The molecule has 1 N–H and O–H groups in total. The molecule has 0 fully saturated rings. The number of esters is 2. The first-order valence-electron chi connectivity index (χ1n) is 8.63. The van der Waals surface area contributed by atoms with E-state index >= 15 is 0 Å². The second kappa shape index (κ2) is 8.50. The number of aromatic amines is 1. The van der Waals surface area contributed by atoms with Crippen molar-refractivity contribution in [3.63, 3.8) is 0 Å². The van der Waals surface area contributed by atoms with Crippen molar-refractivity contribution in [3.8, 4) is 0 Å². The molecule has 0 radical (unpaired) electrons. The van der Waals surface area contributed by atoms with E-state index in [1.807, 2.05) is 0 Å². The van der Waals surface area contributed by atoms with Gasteiger partial charge in [0, 0.05) is 5.69 Å². The number of benzene rings is 1. The van der Waals surface area contributed by atoms with Crippen molar-refractivity contribution >= 4 is 17.7 Å². The van der Waals surface area contributed by atoms with Crippen molar-refractivity contribution in [2.24, 2.45) is 0 Å². The Balaban J connectivity index is 2.11. The van der Waals surface area contributed by atoms with Crippen LogP contribution >= 0.6 is 0 Å².